The van der Waals surface area contributed by atoms with E-state index in [2.05, 4.69) is 16.0 Å². The first-order valence-corrected chi connectivity index (χ1v) is 14.3. The summed E-state index contributed by atoms with van der Waals surface area (Å²) in [5.74, 6) is -2.29. The molecule has 2 aliphatic rings. The molecule has 4 rings (SSSR count). The van der Waals surface area contributed by atoms with Crippen LogP contribution in [0.25, 0.3) is 0 Å². The number of carbonyl (C=O) groups is 5. The van der Waals surface area contributed by atoms with Gasteiger partial charge >= 0.3 is 5.97 Å². The average molecular weight is 599 g/mol. The van der Waals surface area contributed by atoms with Crippen molar-refractivity contribution < 1.29 is 33.4 Å². The quantitative estimate of drug-likeness (QED) is 0.357. The minimum atomic E-state index is -0.942. The van der Waals surface area contributed by atoms with Crippen LogP contribution in [0.3, 0.4) is 0 Å². The number of nitrogens with zero attached hydrogens (tertiary/aromatic N) is 1. The molecule has 2 fully saturated rings. The first-order chi connectivity index (χ1) is 20.0. The van der Waals surface area contributed by atoms with Gasteiger partial charge in [0.05, 0.1) is 23.7 Å². The molecular formula is C30H35ClN4O7. The van der Waals surface area contributed by atoms with Gasteiger partial charge in [0.2, 0.25) is 24.0 Å². The number of hydrogen-bond donors (Lipinski definition) is 3. The Balaban J connectivity index is 1.33. The molecule has 2 saturated heterocycles. The fourth-order valence-corrected chi connectivity index (χ4v) is 4.99. The van der Waals surface area contributed by atoms with Crippen LogP contribution in [0.1, 0.15) is 56.0 Å². The topological polar surface area (TPSA) is 143 Å². The zero-order chi connectivity index (χ0) is 30.4. The van der Waals surface area contributed by atoms with E-state index in [1.54, 1.807) is 20.8 Å². The summed E-state index contributed by atoms with van der Waals surface area (Å²) in [5.41, 5.74) is 1.49. The normalized spacial score (nSPS) is 20.6. The number of nitrogens with one attached hydrogen (secondary N) is 3. The van der Waals surface area contributed by atoms with Gasteiger partial charge in [-0.25, -0.2) is 0 Å². The van der Waals surface area contributed by atoms with Gasteiger partial charge in [0, 0.05) is 18.0 Å². The Morgan fingerprint density at radius 2 is 1.83 bits per heavy atom. The number of esters is 1. The number of anilines is 1. The minimum absolute atomic E-state index is 0.0409. The van der Waals surface area contributed by atoms with Crippen molar-refractivity contribution in [1.29, 1.82) is 0 Å². The number of hydrogen-bond acceptors (Lipinski definition) is 7. The molecule has 224 valence electrons. The Labute approximate surface area is 249 Å². The van der Waals surface area contributed by atoms with Gasteiger partial charge in [-0.05, 0) is 43.5 Å². The highest BCUT2D eigenvalue weighted by Gasteiger charge is 2.41. The lowest BCUT2D eigenvalue weighted by atomic mass is 10.1. The van der Waals surface area contributed by atoms with Gasteiger partial charge in [-0.15, -0.1) is 0 Å². The molecule has 3 N–H and O–H groups in total. The third kappa shape index (κ3) is 7.65. The molecule has 2 heterocycles. The van der Waals surface area contributed by atoms with Crippen molar-refractivity contribution in [3.8, 4) is 0 Å². The van der Waals surface area contributed by atoms with Crippen LogP contribution in [0.4, 0.5) is 5.69 Å². The van der Waals surface area contributed by atoms with E-state index in [9.17, 15) is 24.0 Å². The van der Waals surface area contributed by atoms with E-state index in [4.69, 9.17) is 21.1 Å². The first-order valence-electron chi connectivity index (χ1n) is 13.9. The second-order valence-electron chi connectivity index (χ2n) is 10.7. The highest BCUT2D eigenvalue weighted by Crippen LogP contribution is 2.25. The van der Waals surface area contributed by atoms with E-state index in [1.165, 1.54) is 23.1 Å². The van der Waals surface area contributed by atoms with Gasteiger partial charge in [-0.3, -0.25) is 24.0 Å². The molecule has 0 aliphatic carbocycles. The van der Waals surface area contributed by atoms with Crippen LogP contribution in [0, 0.1) is 5.92 Å². The summed E-state index contributed by atoms with van der Waals surface area (Å²) < 4.78 is 11.0. The Morgan fingerprint density at radius 3 is 2.52 bits per heavy atom. The van der Waals surface area contributed by atoms with Crippen LogP contribution >= 0.6 is 11.6 Å². The number of benzene rings is 2. The number of rotatable bonds is 10. The van der Waals surface area contributed by atoms with Crippen LogP contribution in [-0.4, -0.2) is 65.5 Å². The Morgan fingerprint density at radius 1 is 1.10 bits per heavy atom. The predicted octanol–water partition coefficient (Wildman–Crippen LogP) is 3.02. The Kier molecular flexibility index (Phi) is 10.2. The lowest BCUT2D eigenvalue weighted by Gasteiger charge is -2.28. The van der Waals surface area contributed by atoms with Gasteiger partial charge in [0.1, 0.15) is 18.1 Å². The van der Waals surface area contributed by atoms with Crippen LogP contribution < -0.4 is 16.0 Å². The van der Waals surface area contributed by atoms with Crippen molar-refractivity contribution in [2.24, 2.45) is 5.92 Å². The number of ether oxygens (including phenoxy) is 2. The molecule has 2 aromatic rings. The summed E-state index contributed by atoms with van der Waals surface area (Å²) >= 11 is 6.27. The highest BCUT2D eigenvalue weighted by atomic mass is 35.5. The second-order valence-corrected chi connectivity index (χ2v) is 11.1. The third-order valence-corrected chi connectivity index (χ3v) is 7.43. The van der Waals surface area contributed by atoms with Gasteiger partial charge < -0.3 is 30.3 Å². The zero-order valence-electron chi connectivity index (χ0n) is 23.7. The molecule has 2 aliphatic heterocycles. The monoisotopic (exact) mass is 598 g/mol. The van der Waals surface area contributed by atoms with Gasteiger partial charge in [0.15, 0.2) is 0 Å². The maximum Gasteiger partial charge on any atom is 0.310 e. The molecule has 0 bridgehead atoms. The summed E-state index contributed by atoms with van der Waals surface area (Å²) in [4.78, 5) is 64.8. The molecule has 11 nitrogen and oxygen atoms in total. The number of carbonyl (C=O) groups excluding carboxylic acids is 5. The highest BCUT2D eigenvalue weighted by molar-refractivity contribution is 6.34. The smallest absolute Gasteiger partial charge is 0.310 e. The molecule has 0 saturated carbocycles. The lowest BCUT2D eigenvalue weighted by Crippen LogP contribution is -2.54. The largest absolute Gasteiger partial charge is 0.433 e. The molecule has 0 radical (unpaired) electrons. The van der Waals surface area contributed by atoms with Crippen molar-refractivity contribution in [2.45, 2.75) is 71.1 Å². The Bertz CT molecular complexity index is 1340. The van der Waals surface area contributed by atoms with E-state index in [-0.39, 0.29) is 35.4 Å². The van der Waals surface area contributed by atoms with Crippen molar-refractivity contribution in [3.63, 3.8) is 0 Å². The van der Waals surface area contributed by atoms with Crippen molar-refractivity contribution in [1.82, 2.24) is 15.5 Å². The maximum absolute atomic E-state index is 13.3. The Hall–Kier alpha value is -3.96. The second kappa shape index (κ2) is 13.8. The van der Waals surface area contributed by atoms with Gasteiger partial charge in [-0.1, -0.05) is 55.8 Å². The van der Waals surface area contributed by atoms with Crippen molar-refractivity contribution >= 4 is 46.9 Å². The molecule has 12 heteroatoms. The van der Waals surface area contributed by atoms with E-state index in [1.807, 2.05) is 30.3 Å². The molecule has 0 spiro atoms. The van der Waals surface area contributed by atoms with E-state index in [0.29, 0.717) is 25.1 Å². The molecule has 4 amide bonds. The van der Waals surface area contributed by atoms with Crippen LogP contribution in [0.15, 0.2) is 48.5 Å². The predicted molar refractivity (Wildman–Crippen MR) is 154 cm³/mol. The summed E-state index contributed by atoms with van der Waals surface area (Å²) in [5, 5.41) is 8.37. The summed E-state index contributed by atoms with van der Waals surface area (Å²) in [6.07, 6.45) is 0.0646. The van der Waals surface area contributed by atoms with Crippen molar-refractivity contribution in [2.75, 3.05) is 11.9 Å². The first kappa shape index (κ1) is 31.0. The van der Waals surface area contributed by atoms with E-state index in [0.717, 1.165) is 5.56 Å². The van der Waals surface area contributed by atoms with Gasteiger partial charge in [0.25, 0.3) is 5.91 Å². The zero-order valence-corrected chi connectivity index (χ0v) is 24.5. The molecule has 1 unspecified atom stereocenters. The number of likely N-dealkylation sites (tertiary alicyclic amines) is 1. The molecule has 42 heavy (non-hydrogen) atoms. The summed E-state index contributed by atoms with van der Waals surface area (Å²) in [7, 11) is 0. The fourth-order valence-electron chi connectivity index (χ4n) is 4.76. The van der Waals surface area contributed by atoms with Crippen LogP contribution in [-0.2, 0) is 35.3 Å². The standard InChI is InChI=1S/C30H35ClN4O7/c1-17(2)26(37)33-22-12-11-20(14-21(22)31)27(38)32-18(3)29(40)35-13-7-10-24(35)28(39)34-23-15-25(36)42-30(23)41-16-19-8-5-4-6-9-19/h4-6,8-9,11-12,14,17-18,23-24,30H,7,10,13,15-16H2,1-3H3,(H,32,38)(H,33,37)(H,34,39)/t18-,23-,24-,30?/m0/s1. The lowest BCUT2D eigenvalue weighted by molar-refractivity contribution is -0.168. The van der Waals surface area contributed by atoms with E-state index >= 15 is 0 Å². The summed E-state index contributed by atoms with van der Waals surface area (Å²) in [6.45, 7) is 5.60. The van der Waals surface area contributed by atoms with E-state index < -0.39 is 48.1 Å². The average Bonchev–Trinajstić information content (AvgIpc) is 3.59. The van der Waals surface area contributed by atoms with Gasteiger partial charge in [-0.2, -0.15) is 0 Å². The van der Waals surface area contributed by atoms with Crippen LogP contribution in [0.5, 0.6) is 0 Å². The number of halogens is 1. The number of cyclic esters (lactones) is 1. The third-order valence-electron chi connectivity index (χ3n) is 7.12. The SMILES string of the molecule is CC(C)C(=O)Nc1ccc(C(=O)N[C@@H](C)C(=O)N2CCC[C@H]2C(=O)N[C@H]2CC(=O)OC2OCc2ccccc2)cc1Cl. The fraction of sp³-hybridized carbons (Fsp3) is 0.433. The molecule has 2 aromatic carbocycles. The summed E-state index contributed by atoms with van der Waals surface area (Å²) in [6, 6.07) is 11.4. The minimum Gasteiger partial charge on any atom is -0.433 e. The molecule has 0 aromatic heterocycles. The van der Waals surface area contributed by atoms with Crippen molar-refractivity contribution in [3.05, 3.63) is 64.7 Å². The number of amides is 4. The van der Waals surface area contributed by atoms with Crippen LogP contribution in [0.2, 0.25) is 5.02 Å². The molecular weight excluding hydrogens is 564 g/mol. The molecule has 4 atom stereocenters. The maximum atomic E-state index is 13.3.